The Hall–Kier alpha value is -1.58. The van der Waals surface area contributed by atoms with Crippen molar-refractivity contribution in [3.63, 3.8) is 0 Å². The van der Waals surface area contributed by atoms with Gasteiger partial charge in [0.05, 0.1) is 11.3 Å². The quantitative estimate of drug-likeness (QED) is 0.724. The Morgan fingerprint density at radius 3 is 2.78 bits per heavy atom. The number of carbonyl (C=O) groups is 1. The molecule has 3 nitrogen and oxygen atoms in total. The molecule has 1 aromatic carbocycles. The number of halogens is 1. The molecule has 0 bridgehead atoms. The Labute approximate surface area is 107 Å². The van der Waals surface area contributed by atoms with Crippen LogP contribution < -0.4 is 5.32 Å². The van der Waals surface area contributed by atoms with Gasteiger partial charge in [-0.1, -0.05) is 26.2 Å². The van der Waals surface area contributed by atoms with Crippen LogP contribution in [-0.4, -0.2) is 17.1 Å². The zero-order chi connectivity index (χ0) is 13.5. The standard InChI is InChI=1S/C14H20FNO2/c1-3-4-5-6-10(2)16-13-9-11(14(17)18)7-8-12(13)15/h7-10,16H,3-6H2,1-2H3,(H,17,18). The van der Waals surface area contributed by atoms with E-state index in [1.807, 2.05) is 6.92 Å². The van der Waals surface area contributed by atoms with E-state index in [-0.39, 0.29) is 17.3 Å². The highest BCUT2D eigenvalue weighted by atomic mass is 19.1. The summed E-state index contributed by atoms with van der Waals surface area (Å²) in [6.07, 6.45) is 4.34. The third kappa shape index (κ3) is 4.35. The van der Waals surface area contributed by atoms with Crippen molar-refractivity contribution in [3.8, 4) is 0 Å². The van der Waals surface area contributed by atoms with Crippen molar-refractivity contribution in [2.24, 2.45) is 0 Å². The van der Waals surface area contributed by atoms with Gasteiger partial charge in [0, 0.05) is 6.04 Å². The van der Waals surface area contributed by atoms with E-state index in [0.717, 1.165) is 25.7 Å². The second-order valence-electron chi connectivity index (χ2n) is 4.54. The summed E-state index contributed by atoms with van der Waals surface area (Å²) in [6.45, 7) is 4.11. The molecule has 18 heavy (non-hydrogen) atoms. The van der Waals surface area contributed by atoms with Crippen molar-refractivity contribution >= 4 is 11.7 Å². The molecule has 0 amide bonds. The fourth-order valence-corrected chi connectivity index (χ4v) is 1.81. The molecule has 1 unspecified atom stereocenters. The van der Waals surface area contributed by atoms with Crippen LogP contribution in [0.4, 0.5) is 10.1 Å². The highest BCUT2D eigenvalue weighted by Gasteiger charge is 2.10. The van der Waals surface area contributed by atoms with Crippen LogP contribution in [0, 0.1) is 5.82 Å². The van der Waals surface area contributed by atoms with Crippen LogP contribution in [0.3, 0.4) is 0 Å². The van der Waals surface area contributed by atoms with Gasteiger partial charge in [0.25, 0.3) is 0 Å². The predicted molar refractivity (Wildman–Crippen MR) is 70.6 cm³/mol. The first-order chi connectivity index (χ1) is 8.54. The monoisotopic (exact) mass is 253 g/mol. The Balaban J connectivity index is 2.65. The van der Waals surface area contributed by atoms with Gasteiger partial charge in [-0.2, -0.15) is 0 Å². The predicted octanol–water partition coefficient (Wildman–Crippen LogP) is 3.90. The topological polar surface area (TPSA) is 49.3 Å². The molecule has 4 heteroatoms. The summed E-state index contributed by atoms with van der Waals surface area (Å²) >= 11 is 0. The summed E-state index contributed by atoms with van der Waals surface area (Å²) in [5.41, 5.74) is 0.360. The summed E-state index contributed by atoms with van der Waals surface area (Å²) in [6, 6.07) is 3.93. The molecule has 0 saturated carbocycles. The molecule has 0 heterocycles. The number of carboxylic acids is 1. The zero-order valence-corrected chi connectivity index (χ0v) is 10.9. The number of hydrogen-bond donors (Lipinski definition) is 2. The molecule has 0 saturated heterocycles. The first-order valence-corrected chi connectivity index (χ1v) is 6.34. The number of unbranched alkanes of at least 4 members (excludes halogenated alkanes) is 2. The van der Waals surface area contributed by atoms with Crippen molar-refractivity contribution in [3.05, 3.63) is 29.6 Å². The zero-order valence-electron chi connectivity index (χ0n) is 10.9. The average Bonchev–Trinajstić information content (AvgIpc) is 2.32. The van der Waals surface area contributed by atoms with Crippen LogP contribution in [0.15, 0.2) is 18.2 Å². The lowest BCUT2D eigenvalue weighted by Crippen LogP contribution is -2.16. The van der Waals surface area contributed by atoms with Gasteiger partial charge in [0.1, 0.15) is 5.82 Å². The van der Waals surface area contributed by atoms with Crippen molar-refractivity contribution in [1.82, 2.24) is 0 Å². The number of rotatable bonds is 7. The average molecular weight is 253 g/mol. The molecule has 0 radical (unpaired) electrons. The number of benzene rings is 1. The van der Waals surface area contributed by atoms with Crippen LogP contribution in [0.5, 0.6) is 0 Å². The van der Waals surface area contributed by atoms with Gasteiger partial charge in [-0.15, -0.1) is 0 Å². The van der Waals surface area contributed by atoms with Crippen molar-refractivity contribution in [2.45, 2.75) is 45.6 Å². The summed E-state index contributed by atoms with van der Waals surface area (Å²) in [5.74, 6) is -1.46. The fraction of sp³-hybridized carbons (Fsp3) is 0.500. The lowest BCUT2D eigenvalue weighted by molar-refractivity contribution is 0.0697. The first-order valence-electron chi connectivity index (χ1n) is 6.34. The molecule has 0 aliphatic heterocycles. The van der Waals surface area contributed by atoms with E-state index < -0.39 is 11.8 Å². The van der Waals surface area contributed by atoms with Gasteiger partial charge in [0.15, 0.2) is 0 Å². The third-order valence-corrected chi connectivity index (χ3v) is 2.86. The van der Waals surface area contributed by atoms with Gasteiger partial charge in [-0.25, -0.2) is 9.18 Å². The van der Waals surface area contributed by atoms with Gasteiger partial charge >= 0.3 is 5.97 Å². The molecule has 2 N–H and O–H groups in total. The van der Waals surface area contributed by atoms with Crippen LogP contribution >= 0.6 is 0 Å². The lowest BCUT2D eigenvalue weighted by Gasteiger charge is -2.16. The van der Waals surface area contributed by atoms with Gasteiger partial charge in [0.2, 0.25) is 0 Å². The summed E-state index contributed by atoms with van der Waals surface area (Å²) in [7, 11) is 0. The molecule has 1 atom stereocenters. The minimum Gasteiger partial charge on any atom is -0.478 e. The Bertz CT molecular complexity index is 407. The molecule has 100 valence electrons. The molecular formula is C14H20FNO2. The van der Waals surface area contributed by atoms with Gasteiger partial charge in [-0.3, -0.25) is 0 Å². The van der Waals surface area contributed by atoms with Gasteiger partial charge < -0.3 is 10.4 Å². The third-order valence-electron chi connectivity index (χ3n) is 2.86. The Morgan fingerprint density at radius 1 is 1.44 bits per heavy atom. The van der Waals surface area contributed by atoms with E-state index in [1.165, 1.54) is 18.2 Å². The molecule has 0 aliphatic rings. The Kier molecular flexibility index (Phi) is 5.62. The minimum absolute atomic E-state index is 0.0969. The molecule has 0 spiro atoms. The minimum atomic E-state index is -1.04. The Morgan fingerprint density at radius 2 is 2.17 bits per heavy atom. The second-order valence-corrected chi connectivity index (χ2v) is 4.54. The number of nitrogens with one attached hydrogen (secondary N) is 1. The van der Waals surface area contributed by atoms with E-state index in [0.29, 0.717) is 0 Å². The SMILES string of the molecule is CCCCCC(C)Nc1cc(C(=O)O)ccc1F. The fourth-order valence-electron chi connectivity index (χ4n) is 1.81. The maximum absolute atomic E-state index is 13.5. The van der Waals surface area contributed by atoms with Crippen LogP contribution in [0.25, 0.3) is 0 Å². The number of hydrogen-bond acceptors (Lipinski definition) is 2. The molecular weight excluding hydrogens is 233 g/mol. The second kappa shape index (κ2) is 6.99. The maximum Gasteiger partial charge on any atom is 0.335 e. The highest BCUT2D eigenvalue weighted by molar-refractivity contribution is 5.88. The van der Waals surface area contributed by atoms with E-state index >= 15 is 0 Å². The molecule has 1 aromatic rings. The smallest absolute Gasteiger partial charge is 0.335 e. The maximum atomic E-state index is 13.5. The number of carboxylic acid groups (broad SMARTS) is 1. The van der Waals surface area contributed by atoms with E-state index in [1.54, 1.807) is 0 Å². The van der Waals surface area contributed by atoms with Crippen LogP contribution in [-0.2, 0) is 0 Å². The van der Waals surface area contributed by atoms with E-state index in [2.05, 4.69) is 12.2 Å². The van der Waals surface area contributed by atoms with Crippen LogP contribution in [0.1, 0.15) is 49.9 Å². The molecule has 0 aliphatic carbocycles. The van der Waals surface area contributed by atoms with Crippen molar-refractivity contribution in [1.29, 1.82) is 0 Å². The summed E-state index contributed by atoms with van der Waals surface area (Å²) < 4.78 is 13.5. The summed E-state index contributed by atoms with van der Waals surface area (Å²) in [4.78, 5) is 10.8. The summed E-state index contributed by atoms with van der Waals surface area (Å²) in [5, 5.41) is 11.9. The molecule has 0 aromatic heterocycles. The van der Waals surface area contributed by atoms with E-state index in [9.17, 15) is 9.18 Å². The van der Waals surface area contributed by atoms with Crippen LogP contribution in [0.2, 0.25) is 0 Å². The number of anilines is 1. The lowest BCUT2D eigenvalue weighted by atomic mass is 10.1. The molecule has 1 rings (SSSR count). The number of aromatic carboxylic acids is 1. The normalized spacial score (nSPS) is 12.2. The van der Waals surface area contributed by atoms with Crippen molar-refractivity contribution < 1.29 is 14.3 Å². The van der Waals surface area contributed by atoms with Crippen molar-refractivity contribution in [2.75, 3.05) is 5.32 Å². The van der Waals surface area contributed by atoms with Gasteiger partial charge in [-0.05, 0) is 31.5 Å². The highest BCUT2D eigenvalue weighted by Crippen LogP contribution is 2.18. The molecule has 0 fully saturated rings. The first kappa shape index (κ1) is 14.5. The largest absolute Gasteiger partial charge is 0.478 e. The van der Waals surface area contributed by atoms with E-state index in [4.69, 9.17) is 5.11 Å².